The summed E-state index contributed by atoms with van der Waals surface area (Å²) in [5, 5.41) is 7.37. The number of fused-ring (bicyclic) bond motifs is 1. The maximum absolute atomic E-state index is 12.5. The molecule has 3 aromatic rings. The minimum absolute atomic E-state index is 0.0195. The van der Waals surface area contributed by atoms with Crippen molar-refractivity contribution < 1.29 is 14.3 Å². The van der Waals surface area contributed by atoms with Crippen LogP contribution >= 0.6 is 0 Å². The maximum Gasteiger partial charge on any atom is 0.220 e. The molecular weight excluding hydrogens is 390 g/mol. The van der Waals surface area contributed by atoms with Gasteiger partial charge in [-0.25, -0.2) is 0 Å². The van der Waals surface area contributed by atoms with Crippen molar-refractivity contribution in [1.82, 2.24) is 15.6 Å². The van der Waals surface area contributed by atoms with E-state index in [0.29, 0.717) is 32.2 Å². The third kappa shape index (κ3) is 5.08. The lowest BCUT2D eigenvalue weighted by molar-refractivity contribution is -0.122. The van der Waals surface area contributed by atoms with Crippen LogP contribution in [0.1, 0.15) is 36.8 Å². The molecule has 1 fully saturated rings. The summed E-state index contributed by atoms with van der Waals surface area (Å²) in [6, 6.07) is 16.1. The van der Waals surface area contributed by atoms with Gasteiger partial charge in [0.15, 0.2) is 0 Å². The number of amides is 2. The lowest BCUT2D eigenvalue weighted by atomic mass is 9.85. The van der Waals surface area contributed by atoms with E-state index in [-0.39, 0.29) is 17.4 Å². The van der Waals surface area contributed by atoms with Crippen LogP contribution in [0, 0.1) is 0 Å². The number of rotatable bonds is 9. The molecule has 0 unspecified atom stereocenters. The number of carbonyl (C=O) groups excluding carboxylic acids is 2. The molecule has 162 valence electrons. The number of methoxy groups -OCH3 is 1. The third-order valence-corrected chi connectivity index (χ3v) is 6.13. The predicted molar refractivity (Wildman–Crippen MR) is 121 cm³/mol. The van der Waals surface area contributed by atoms with Gasteiger partial charge in [-0.3, -0.25) is 9.59 Å². The van der Waals surface area contributed by atoms with Crippen molar-refractivity contribution in [3.05, 3.63) is 65.9 Å². The van der Waals surface area contributed by atoms with Gasteiger partial charge in [0.1, 0.15) is 5.75 Å². The van der Waals surface area contributed by atoms with Crippen molar-refractivity contribution in [2.75, 3.05) is 13.7 Å². The van der Waals surface area contributed by atoms with Crippen molar-refractivity contribution in [2.24, 2.45) is 0 Å². The Balaban J connectivity index is 1.31. The van der Waals surface area contributed by atoms with E-state index in [1.54, 1.807) is 7.11 Å². The third-order valence-electron chi connectivity index (χ3n) is 6.13. The molecule has 2 aromatic carbocycles. The number of aromatic nitrogens is 1. The fourth-order valence-electron chi connectivity index (χ4n) is 4.47. The molecule has 3 N–H and O–H groups in total. The number of carbonyl (C=O) groups is 2. The second-order valence-electron chi connectivity index (χ2n) is 8.32. The van der Waals surface area contributed by atoms with E-state index in [1.165, 1.54) is 10.9 Å². The van der Waals surface area contributed by atoms with E-state index in [1.807, 2.05) is 42.6 Å². The Kier molecular flexibility index (Phi) is 6.26. The Morgan fingerprint density at radius 1 is 1.19 bits per heavy atom. The average Bonchev–Trinajstić information content (AvgIpc) is 3.36. The van der Waals surface area contributed by atoms with Gasteiger partial charge < -0.3 is 20.4 Å². The monoisotopic (exact) mass is 419 g/mol. The summed E-state index contributed by atoms with van der Waals surface area (Å²) in [6.07, 6.45) is 5.73. The molecule has 1 aromatic heterocycles. The number of H-pyrrole nitrogens is 1. The van der Waals surface area contributed by atoms with E-state index >= 15 is 0 Å². The zero-order chi connectivity index (χ0) is 21.7. The molecule has 2 heterocycles. The first-order chi connectivity index (χ1) is 15.1. The number of hydrogen-bond donors (Lipinski definition) is 3. The second-order valence-corrected chi connectivity index (χ2v) is 8.32. The van der Waals surface area contributed by atoms with E-state index in [4.69, 9.17) is 4.74 Å². The molecule has 6 heteroatoms. The van der Waals surface area contributed by atoms with E-state index in [9.17, 15) is 9.59 Å². The zero-order valence-electron chi connectivity index (χ0n) is 17.9. The Hall–Kier alpha value is -3.28. The summed E-state index contributed by atoms with van der Waals surface area (Å²) in [5.41, 5.74) is 3.03. The summed E-state index contributed by atoms with van der Waals surface area (Å²) in [6.45, 7) is 0.593. The smallest absolute Gasteiger partial charge is 0.220 e. The van der Waals surface area contributed by atoms with Gasteiger partial charge in [0, 0.05) is 42.0 Å². The normalized spacial score (nSPS) is 18.2. The molecule has 1 aliphatic rings. The summed E-state index contributed by atoms with van der Waals surface area (Å²) in [4.78, 5) is 27.8. The number of ether oxygens (including phenoxy) is 1. The second kappa shape index (κ2) is 9.25. The number of hydrogen-bond acceptors (Lipinski definition) is 3. The van der Waals surface area contributed by atoms with Gasteiger partial charge in [-0.15, -0.1) is 0 Å². The molecule has 4 rings (SSSR count). The van der Waals surface area contributed by atoms with Crippen molar-refractivity contribution in [3.8, 4) is 5.75 Å². The van der Waals surface area contributed by atoms with Crippen LogP contribution in [0.5, 0.6) is 5.75 Å². The first-order valence-corrected chi connectivity index (χ1v) is 10.8. The van der Waals surface area contributed by atoms with Crippen molar-refractivity contribution >= 4 is 22.7 Å². The maximum atomic E-state index is 12.5. The SMILES string of the molecule is COc1cccc(C[C@@]2(CCC(=O)NCCc3c[nH]c4ccccc34)CCC(=O)N2)c1. The zero-order valence-corrected chi connectivity index (χ0v) is 17.9. The van der Waals surface area contributed by atoms with Crippen LogP contribution in [0.25, 0.3) is 10.9 Å². The van der Waals surface area contributed by atoms with Crippen LogP contribution in [0.3, 0.4) is 0 Å². The molecule has 1 saturated heterocycles. The molecule has 0 bridgehead atoms. The lowest BCUT2D eigenvalue weighted by Crippen LogP contribution is -2.44. The van der Waals surface area contributed by atoms with Crippen LogP contribution in [-0.2, 0) is 22.4 Å². The summed E-state index contributed by atoms with van der Waals surface area (Å²) >= 11 is 0. The number of para-hydroxylation sites is 1. The standard InChI is InChI=1S/C25H29N3O3/c1-31-20-6-4-5-18(15-20)16-25(13-10-24(30)28-25)12-9-23(29)26-14-11-19-17-27-22-8-3-2-7-21(19)22/h2-8,15,17,27H,9-14,16H2,1H3,(H,26,29)(H,28,30)/t25-/m1/s1. The minimum atomic E-state index is -0.377. The Labute approximate surface area is 182 Å². The van der Waals surface area contributed by atoms with Gasteiger partial charge in [0.2, 0.25) is 11.8 Å². The van der Waals surface area contributed by atoms with Crippen LogP contribution < -0.4 is 15.4 Å². The quantitative estimate of drug-likeness (QED) is 0.496. The number of aromatic amines is 1. The molecule has 0 aliphatic carbocycles. The Morgan fingerprint density at radius 2 is 2.06 bits per heavy atom. The number of benzene rings is 2. The van der Waals surface area contributed by atoms with E-state index < -0.39 is 0 Å². The largest absolute Gasteiger partial charge is 0.497 e. The van der Waals surface area contributed by atoms with Gasteiger partial charge >= 0.3 is 0 Å². The summed E-state index contributed by atoms with van der Waals surface area (Å²) in [5.74, 6) is 0.876. The fourth-order valence-corrected chi connectivity index (χ4v) is 4.47. The highest BCUT2D eigenvalue weighted by Crippen LogP contribution is 2.30. The molecule has 31 heavy (non-hydrogen) atoms. The van der Waals surface area contributed by atoms with Crippen LogP contribution in [0.4, 0.5) is 0 Å². The average molecular weight is 420 g/mol. The molecule has 2 amide bonds. The van der Waals surface area contributed by atoms with Gasteiger partial charge in [0.25, 0.3) is 0 Å². The first-order valence-electron chi connectivity index (χ1n) is 10.8. The minimum Gasteiger partial charge on any atom is -0.497 e. The number of nitrogens with one attached hydrogen (secondary N) is 3. The predicted octanol–water partition coefficient (Wildman–Crippen LogP) is 3.51. The van der Waals surface area contributed by atoms with Crippen molar-refractivity contribution in [2.45, 2.75) is 44.1 Å². The fraction of sp³-hybridized carbons (Fsp3) is 0.360. The van der Waals surface area contributed by atoms with Crippen molar-refractivity contribution in [1.29, 1.82) is 0 Å². The van der Waals surface area contributed by atoms with E-state index in [2.05, 4.69) is 27.8 Å². The summed E-state index contributed by atoms with van der Waals surface area (Å²) < 4.78 is 5.32. The highest BCUT2D eigenvalue weighted by atomic mass is 16.5. The van der Waals surface area contributed by atoms with Crippen LogP contribution in [-0.4, -0.2) is 36.0 Å². The lowest BCUT2D eigenvalue weighted by Gasteiger charge is -2.29. The Morgan fingerprint density at radius 3 is 2.87 bits per heavy atom. The van der Waals surface area contributed by atoms with E-state index in [0.717, 1.165) is 29.7 Å². The van der Waals surface area contributed by atoms with Gasteiger partial charge in [-0.05, 0) is 55.0 Å². The van der Waals surface area contributed by atoms with Crippen LogP contribution in [0.2, 0.25) is 0 Å². The molecule has 0 spiro atoms. The molecule has 6 nitrogen and oxygen atoms in total. The molecule has 1 atom stereocenters. The molecule has 1 aliphatic heterocycles. The van der Waals surface area contributed by atoms with Gasteiger partial charge in [-0.1, -0.05) is 30.3 Å². The Bertz CT molecular complexity index is 1070. The highest BCUT2D eigenvalue weighted by molar-refractivity contribution is 5.83. The molecule has 0 radical (unpaired) electrons. The summed E-state index contributed by atoms with van der Waals surface area (Å²) in [7, 11) is 1.65. The topological polar surface area (TPSA) is 83.2 Å². The molecule has 0 saturated carbocycles. The molecular formula is C25H29N3O3. The van der Waals surface area contributed by atoms with Gasteiger partial charge in [-0.2, -0.15) is 0 Å². The van der Waals surface area contributed by atoms with Crippen LogP contribution in [0.15, 0.2) is 54.7 Å². The van der Waals surface area contributed by atoms with Gasteiger partial charge in [0.05, 0.1) is 7.11 Å². The highest BCUT2D eigenvalue weighted by Gasteiger charge is 2.37. The van der Waals surface area contributed by atoms with Crippen molar-refractivity contribution in [3.63, 3.8) is 0 Å². The first kappa shape index (κ1) is 21.0.